The molecule has 7 nitrogen and oxygen atoms in total. The van der Waals surface area contributed by atoms with Gasteiger partial charge in [0.15, 0.2) is 0 Å². The Morgan fingerprint density at radius 3 is 2.77 bits per heavy atom. The summed E-state index contributed by atoms with van der Waals surface area (Å²) < 4.78 is 0. The van der Waals surface area contributed by atoms with Gasteiger partial charge >= 0.3 is 0 Å². The number of aliphatic hydroxyl groups is 1. The van der Waals surface area contributed by atoms with E-state index in [-0.39, 0.29) is 18.1 Å². The van der Waals surface area contributed by atoms with Crippen LogP contribution in [-0.2, 0) is 0 Å². The van der Waals surface area contributed by atoms with E-state index in [1.165, 1.54) is 0 Å². The Labute approximate surface area is 153 Å². The molecule has 7 heteroatoms. The normalized spacial score (nSPS) is 20.3. The van der Waals surface area contributed by atoms with Crippen molar-refractivity contribution >= 4 is 22.8 Å². The summed E-state index contributed by atoms with van der Waals surface area (Å²) in [4.78, 5) is 23.5. The molecule has 0 atom stereocenters. The van der Waals surface area contributed by atoms with E-state index < -0.39 is 0 Å². The number of nitrogens with zero attached hydrogens (tertiary/aromatic N) is 3. The molecule has 0 spiro atoms. The van der Waals surface area contributed by atoms with E-state index in [2.05, 4.69) is 20.6 Å². The van der Waals surface area contributed by atoms with Gasteiger partial charge in [-0.1, -0.05) is 12.1 Å². The van der Waals surface area contributed by atoms with Crippen LogP contribution in [0.1, 0.15) is 36.0 Å². The highest BCUT2D eigenvalue weighted by Gasteiger charge is 2.20. The number of fused-ring (bicyclic) bond motifs is 1. The average Bonchev–Trinajstić information content (AvgIpc) is 2.62. The fraction of sp³-hybridized carbons (Fsp3) is 0.526. The van der Waals surface area contributed by atoms with Crippen LogP contribution in [0.5, 0.6) is 0 Å². The summed E-state index contributed by atoms with van der Waals surface area (Å²) in [6.45, 7) is 1.37. The fourth-order valence-electron chi connectivity index (χ4n) is 3.20. The largest absolute Gasteiger partial charge is 0.393 e. The number of rotatable bonds is 6. The second-order valence-electron chi connectivity index (χ2n) is 7.15. The first-order chi connectivity index (χ1) is 12.5. The van der Waals surface area contributed by atoms with Gasteiger partial charge in [0.05, 0.1) is 17.2 Å². The monoisotopic (exact) mass is 357 g/mol. The van der Waals surface area contributed by atoms with Gasteiger partial charge in [0.2, 0.25) is 5.95 Å². The molecule has 1 heterocycles. The molecule has 0 unspecified atom stereocenters. The van der Waals surface area contributed by atoms with Crippen LogP contribution in [0.3, 0.4) is 0 Å². The van der Waals surface area contributed by atoms with E-state index in [9.17, 15) is 9.90 Å². The molecule has 1 amide bonds. The molecule has 1 fully saturated rings. The van der Waals surface area contributed by atoms with Crippen LogP contribution < -0.4 is 10.6 Å². The van der Waals surface area contributed by atoms with E-state index in [0.717, 1.165) is 37.6 Å². The van der Waals surface area contributed by atoms with Crippen molar-refractivity contribution in [1.82, 2.24) is 20.2 Å². The molecule has 26 heavy (non-hydrogen) atoms. The molecule has 1 saturated carbocycles. The number of benzene rings is 1. The van der Waals surface area contributed by atoms with Gasteiger partial charge in [-0.05, 0) is 45.8 Å². The number of hydrogen-bond donors (Lipinski definition) is 3. The molecule has 2 aromatic rings. The number of aromatic nitrogens is 2. The Morgan fingerprint density at radius 1 is 1.27 bits per heavy atom. The van der Waals surface area contributed by atoms with Gasteiger partial charge < -0.3 is 20.6 Å². The number of hydrogen-bond acceptors (Lipinski definition) is 6. The predicted molar refractivity (Wildman–Crippen MR) is 102 cm³/mol. The van der Waals surface area contributed by atoms with Crippen LogP contribution in [0.25, 0.3) is 10.9 Å². The Morgan fingerprint density at radius 2 is 2.04 bits per heavy atom. The molecule has 0 aliphatic heterocycles. The third-order valence-electron chi connectivity index (χ3n) is 4.73. The molecule has 1 aromatic heterocycles. The summed E-state index contributed by atoms with van der Waals surface area (Å²) >= 11 is 0. The van der Waals surface area contributed by atoms with Crippen LogP contribution in [-0.4, -0.2) is 65.2 Å². The molecule has 0 saturated heterocycles. The van der Waals surface area contributed by atoms with E-state index in [0.29, 0.717) is 23.6 Å². The molecule has 1 aromatic carbocycles. The predicted octanol–water partition coefficient (Wildman–Crippen LogP) is 1.64. The number of nitrogens with one attached hydrogen (secondary N) is 2. The quantitative estimate of drug-likeness (QED) is 0.728. The fourth-order valence-corrected chi connectivity index (χ4v) is 3.20. The van der Waals surface area contributed by atoms with E-state index in [1.54, 1.807) is 12.3 Å². The summed E-state index contributed by atoms with van der Waals surface area (Å²) in [5, 5.41) is 16.8. The molecule has 0 radical (unpaired) electrons. The average molecular weight is 357 g/mol. The molecular formula is C19H27N5O2. The number of anilines is 1. The lowest BCUT2D eigenvalue weighted by atomic mass is 9.93. The smallest absolute Gasteiger partial charge is 0.253 e. The number of aliphatic hydroxyl groups excluding tert-OH is 1. The van der Waals surface area contributed by atoms with Crippen LogP contribution in [0.4, 0.5) is 5.95 Å². The van der Waals surface area contributed by atoms with Crippen LogP contribution >= 0.6 is 0 Å². The van der Waals surface area contributed by atoms with Crippen molar-refractivity contribution in [2.45, 2.75) is 37.8 Å². The number of carbonyl (C=O) groups excluding carboxylic acids is 1. The van der Waals surface area contributed by atoms with Crippen molar-refractivity contribution in [2.24, 2.45) is 0 Å². The van der Waals surface area contributed by atoms with Crippen molar-refractivity contribution in [2.75, 3.05) is 32.5 Å². The summed E-state index contributed by atoms with van der Waals surface area (Å²) in [7, 11) is 3.94. The van der Waals surface area contributed by atoms with Crippen molar-refractivity contribution in [3.05, 3.63) is 30.0 Å². The third kappa shape index (κ3) is 4.68. The minimum Gasteiger partial charge on any atom is -0.393 e. The minimum absolute atomic E-state index is 0.122. The number of carbonyl (C=O) groups is 1. The Hall–Kier alpha value is -2.25. The zero-order valence-corrected chi connectivity index (χ0v) is 15.4. The second kappa shape index (κ2) is 8.42. The maximum atomic E-state index is 12.5. The van der Waals surface area contributed by atoms with Crippen molar-refractivity contribution in [1.29, 1.82) is 0 Å². The van der Waals surface area contributed by atoms with Gasteiger partial charge in [-0.25, -0.2) is 9.97 Å². The van der Waals surface area contributed by atoms with Crippen LogP contribution in [0, 0.1) is 0 Å². The number of likely N-dealkylation sites (N-methyl/N-ethyl adjacent to an activating group) is 1. The molecule has 3 N–H and O–H groups in total. The van der Waals surface area contributed by atoms with E-state index in [4.69, 9.17) is 0 Å². The topological polar surface area (TPSA) is 90.4 Å². The SMILES string of the molecule is CN(C)CCNC(=O)c1cccc2cnc(NC3CCC(O)CC3)nc12. The highest BCUT2D eigenvalue weighted by Crippen LogP contribution is 2.22. The maximum absolute atomic E-state index is 12.5. The Balaban J connectivity index is 1.75. The standard InChI is InChI=1S/C19H27N5O2/c1-24(2)11-10-20-18(26)16-5-3-4-13-12-21-19(23-17(13)16)22-14-6-8-15(25)9-7-14/h3-5,12,14-15,25H,6-11H2,1-2H3,(H,20,26)(H,21,22,23). The zero-order chi connectivity index (χ0) is 18.5. The number of para-hydroxylation sites is 1. The second-order valence-corrected chi connectivity index (χ2v) is 7.15. The highest BCUT2D eigenvalue weighted by molar-refractivity contribution is 6.05. The molecule has 140 valence electrons. The van der Waals surface area contributed by atoms with E-state index >= 15 is 0 Å². The van der Waals surface area contributed by atoms with Gasteiger partial charge in [0.25, 0.3) is 5.91 Å². The summed E-state index contributed by atoms with van der Waals surface area (Å²) in [5.74, 6) is 0.412. The van der Waals surface area contributed by atoms with Gasteiger partial charge in [-0.2, -0.15) is 0 Å². The third-order valence-corrected chi connectivity index (χ3v) is 4.73. The molecular weight excluding hydrogens is 330 g/mol. The molecule has 1 aliphatic rings. The summed E-state index contributed by atoms with van der Waals surface area (Å²) in [6.07, 6.45) is 4.95. The summed E-state index contributed by atoms with van der Waals surface area (Å²) in [6, 6.07) is 5.81. The maximum Gasteiger partial charge on any atom is 0.253 e. The van der Waals surface area contributed by atoms with E-state index in [1.807, 2.05) is 31.1 Å². The van der Waals surface area contributed by atoms with Gasteiger partial charge in [0.1, 0.15) is 0 Å². The lowest BCUT2D eigenvalue weighted by molar-refractivity contribution is 0.0952. The van der Waals surface area contributed by atoms with Crippen molar-refractivity contribution < 1.29 is 9.90 Å². The molecule has 1 aliphatic carbocycles. The Kier molecular flexibility index (Phi) is 6.00. The van der Waals surface area contributed by atoms with Gasteiger partial charge in [-0.15, -0.1) is 0 Å². The molecule has 3 rings (SSSR count). The van der Waals surface area contributed by atoms with Crippen molar-refractivity contribution in [3.63, 3.8) is 0 Å². The lowest BCUT2D eigenvalue weighted by Crippen LogP contribution is -2.31. The van der Waals surface area contributed by atoms with Crippen LogP contribution in [0.2, 0.25) is 0 Å². The highest BCUT2D eigenvalue weighted by atomic mass is 16.3. The van der Waals surface area contributed by atoms with Gasteiger partial charge in [0, 0.05) is 30.7 Å². The van der Waals surface area contributed by atoms with Crippen LogP contribution in [0.15, 0.2) is 24.4 Å². The molecule has 0 bridgehead atoms. The first-order valence-corrected chi connectivity index (χ1v) is 9.16. The number of amides is 1. The minimum atomic E-state index is -0.192. The Bertz CT molecular complexity index is 757. The van der Waals surface area contributed by atoms with Crippen molar-refractivity contribution in [3.8, 4) is 0 Å². The first kappa shape index (κ1) is 18.5. The first-order valence-electron chi connectivity index (χ1n) is 9.16. The summed E-state index contributed by atoms with van der Waals surface area (Å²) in [5.41, 5.74) is 1.22. The van der Waals surface area contributed by atoms with Gasteiger partial charge in [-0.3, -0.25) is 4.79 Å². The lowest BCUT2D eigenvalue weighted by Gasteiger charge is -2.26. The zero-order valence-electron chi connectivity index (χ0n) is 15.4.